The second-order valence-corrected chi connectivity index (χ2v) is 7.74. The summed E-state index contributed by atoms with van der Waals surface area (Å²) < 4.78 is 77.8. The predicted octanol–water partition coefficient (Wildman–Crippen LogP) is 3.78. The third-order valence-corrected chi connectivity index (χ3v) is 5.70. The third-order valence-electron chi connectivity index (χ3n) is 2.78. The Balaban J connectivity index is 2.37. The lowest BCUT2D eigenvalue weighted by molar-refractivity contribution is -0.153. The smallest absolute Gasteiger partial charge is 0.207 e. The molecule has 1 aromatic heterocycles. The van der Waals surface area contributed by atoms with Crippen LogP contribution in [0.25, 0.3) is 0 Å². The van der Waals surface area contributed by atoms with Crippen LogP contribution in [0.5, 0.6) is 0 Å². The van der Waals surface area contributed by atoms with Gasteiger partial charge in [0.1, 0.15) is 16.1 Å². The van der Waals surface area contributed by atoms with Crippen LogP contribution in [0.3, 0.4) is 0 Å². The van der Waals surface area contributed by atoms with E-state index in [2.05, 4.69) is 0 Å². The van der Waals surface area contributed by atoms with E-state index in [0.29, 0.717) is 4.88 Å². The molecular weight excluding hydrogens is 342 g/mol. The van der Waals surface area contributed by atoms with Gasteiger partial charge in [-0.1, -0.05) is 12.1 Å². The molecule has 1 N–H and O–H groups in total. The van der Waals surface area contributed by atoms with E-state index in [4.69, 9.17) is 0 Å². The van der Waals surface area contributed by atoms with Crippen LogP contribution in [0, 0.1) is 12.7 Å². The molecule has 0 aliphatic carbocycles. The summed E-state index contributed by atoms with van der Waals surface area (Å²) in [6, 6.07) is 3.78. The Bertz CT molecular complexity index is 751. The molecule has 1 unspecified atom stereocenters. The van der Waals surface area contributed by atoms with Crippen molar-refractivity contribution >= 4 is 21.4 Å². The minimum atomic E-state index is -4.85. The highest BCUT2D eigenvalue weighted by Gasteiger charge is 2.43. The standard InChI is InChI=1S/C13H11F4NO2S2/c1-8-2-7-11(21-8)22(19,20)18-12(13(15,16)17)9-3-5-10(14)6-4-9/h2-7,12,18H,1H3. The number of halogens is 4. The van der Waals surface area contributed by atoms with Crippen LogP contribution < -0.4 is 4.72 Å². The van der Waals surface area contributed by atoms with Crippen molar-refractivity contribution in [3.8, 4) is 0 Å². The molecular formula is C13H11F4NO2S2. The second-order valence-electron chi connectivity index (χ2n) is 4.51. The molecule has 2 aromatic rings. The van der Waals surface area contributed by atoms with Crippen molar-refractivity contribution in [2.75, 3.05) is 0 Å². The molecule has 0 bridgehead atoms. The molecule has 120 valence electrons. The fourth-order valence-corrected chi connectivity index (χ4v) is 4.26. The van der Waals surface area contributed by atoms with Gasteiger partial charge in [0.15, 0.2) is 0 Å². The van der Waals surface area contributed by atoms with Gasteiger partial charge in [-0.15, -0.1) is 11.3 Å². The molecule has 0 fully saturated rings. The number of rotatable bonds is 4. The van der Waals surface area contributed by atoms with Crippen molar-refractivity contribution < 1.29 is 26.0 Å². The zero-order valence-electron chi connectivity index (χ0n) is 11.2. The van der Waals surface area contributed by atoms with Gasteiger partial charge in [0, 0.05) is 4.88 Å². The molecule has 3 nitrogen and oxygen atoms in total. The first-order chi connectivity index (χ1) is 10.1. The Hall–Kier alpha value is -1.45. The molecule has 0 amide bonds. The monoisotopic (exact) mass is 353 g/mol. The quantitative estimate of drug-likeness (QED) is 0.851. The third kappa shape index (κ3) is 3.84. The molecule has 0 radical (unpaired) electrons. The van der Waals surface area contributed by atoms with Gasteiger partial charge in [-0.2, -0.15) is 17.9 Å². The SMILES string of the molecule is Cc1ccc(S(=O)(=O)NC(c2ccc(F)cc2)C(F)(F)F)s1. The van der Waals surface area contributed by atoms with E-state index in [1.165, 1.54) is 12.1 Å². The van der Waals surface area contributed by atoms with Crippen molar-refractivity contribution in [1.29, 1.82) is 0 Å². The van der Waals surface area contributed by atoms with E-state index in [1.54, 1.807) is 11.6 Å². The Labute approximate surface area is 128 Å². The average Bonchev–Trinajstić information content (AvgIpc) is 2.84. The van der Waals surface area contributed by atoms with Crippen LogP contribution in [0.1, 0.15) is 16.5 Å². The summed E-state index contributed by atoms with van der Waals surface area (Å²) in [7, 11) is -4.33. The molecule has 22 heavy (non-hydrogen) atoms. The van der Waals surface area contributed by atoms with Crippen LogP contribution in [0.2, 0.25) is 0 Å². The van der Waals surface area contributed by atoms with Gasteiger partial charge in [0.2, 0.25) is 0 Å². The summed E-state index contributed by atoms with van der Waals surface area (Å²) in [6.45, 7) is 1.64. The van der Waals surface area contributed by atoms with Crippen LogP contribution in [0.15, 0.2) is 40.6 Å². The van der Waals surface area contributed by atoms with Crippen molar-refractivity contribution in [2.24, 2.45) is 0 Å². The van der Waals surface area contributed by atoms with Crippen LogP contribution >= 0.6 is 11.3 Å². The Kier molecular flexibility index (Phi) is 4.59. The van der Waals surface area contributed by atoms with E-state index in [9.17, 15) is 26.0 Å². The summed E-state index contributed by atoms with van der Waals surface area (Å²) in [5.41, 5.74) is -0.384. The van der Waals surface area contributed by atoms with Gasteiger partial charge in [-0.05, 0) is 36.8 Å². The maximum absolute atomic E-state index is 13.1. The summed E-state index contributed by atoms with van der Waals surface area (Å²) in [5, 5.41) is 0. The number of benzene rings is 1. The van der Waals surface area contributed by atoms with Crippen molar-refractivity contribution in [2.45, 2.75) is 23.4 Å². The van der Waals surface area contributed by atoms with Gasteiger partial charge in [0.05, 0.1) is 0 Å². The summed E-state index contributed by atoms with van der Waals surface area (Å²) >= 11 is 0.867. The van der Waals surface area contributed by atoms with E-state index in [-0.39, 0.29) is 9.77 Å². The Morgan fingerprint density at radius 2 is 1.68 bits per heavy atom. The number of sulfonamides is 1. The number of nitrogens with one attached hydrogen (secondary N) is 1. The molecule has 1 atom stereocenters. The zero-order chi connectivity index (χ0) is 16.5. The number of hydrogen-bond acceptors (Lipinski definition) is 3. The fraction of sp³-hybridized carbons (Fsp3) is 0.231. The number of thiophene rings is 1. The Morgan fingerprint density at radius 1 is 1.09 bits per heavy atom. The number of hydrogen-bond donors (Lipinski definition) is 1. The van der Waals surface area contributed by atoms with E-state index >= 15 is 0 Å². The lowest BCUT2D eigenvalue weighted by atomic mass is 10.1. The normalized spacial score (nSPS) is 14.0. The highest BCUT2D eigenvalue weighted by atomic mass is 32.2. The number of alkyl halides is 3. The van der Waals surface area contributed by atoms with Gasteiger partial charge >= 0.3 is 6.18 Å². The molecule has 1 aromatic carbocycles. The highest BCUT2D eigenvalue weighted by Crippen LogP contribution is 2.34. The zero-order valence-corrected chi connectivity index (χ0v) is 12.8. The summed E-state index contributed by atoms with van der Waals surface area (Å²) in [5.74, 6) is -0.707. The van der Waals surface area contributed by atoms with Gasteiger partial charge in [0.25, 0.3) is 10.0 Å². The predicted molar refractivity (Wildman–Crippen MR) is 74.6 cm³/mol. The van der Waals surface area contributed by atoms with Crippen LogP contribution in [0.4, 0.5) is 17.6 Å². The van der Waals surface area contributed by atoms with Crippen molar-refractivity contribution in [3.63, 3.8) is 0 Å². The van der Waals surface area contributed by atoms with Crippen molar-refractivity contribution in [3.05, 3.63) is 52.7 Å². The first kappa shape index (κ1) is 16.9. The topological polar surface area (TPSA) is 46.2 Å². The van der Waals surface area contributed by atoms with Gasteiger partial charge in [-0.25, -0.2) is 12.8 Å². The van der Waals surface area contributed by atoms with E-state index < -0.39 is 28.1 Å². The van der Waals surface area contributed by atoms with Crippen LogP contribution in [-0.4, -0.2) is 14.6 Å². The summed E-state index contributed by atoms with van der Waals surface area (Å²) in [6.07, 6.45) is -4.85. The largest absolute Gasteiger partial charge is 0.408 e. The molecule has 0 spiro atoms. The Morgan fingerprint density at radius 3 is 2.14 bits per heavy atom. The minimum Gasteiger partial charge on any atom is -0.207 e. The first-order valence-electron chi connectivity index (χ1n) is 6.00. The highest BCUT2D eigenvalue weighted by molar-refractivity contribution is 7.91. The lowest BCUT2D eigenvalue weighted by Crippen LogP contribution is -2.37. The minimum absolute atomic E-state index is 0.207. The van der Waals surface area contributed by atoms with E-state index in [0.717, 1.165) is 35.6 Å². The average molecular weight is 353 g/mol. The fourth-order valence-electron chi connectivity index (χ4n) is 1.75. The molecule has 0 aliphatic heterocycles. The first-order valence-corrected chi connectivity index (χ1v) is 8.30. The maximum atomic E-state index is 13.1. The molecule has 9 heteroatoms. The molecule has 1 heterocycles. The second kappa shape index (κ2) is 5.98. The van der Waals surface area contributed by atoms with Gasteiger partial charge < -0.3 is 0 Å². The molecule has 0 aliphatic rings. The van der Waals surface area contributed by atoms with Gasteiger partial charge in [-0.3, -0.25) is 0 Å². The lowest BCUT2D eigenvalue weighted by Gasteiger charge is -2.21. The number of aryl methyl sites for hydroxylation is 1. The molecule has 0 saturated heterocycles. The van der Waals surface area contributed by atoms with Crippen molar-refractivity contribution in [1.82, 2.24) is 4.72 Å². The molecule has 0 saturated carbocycles. The van der Waals surface area contributed by atoms with Crippen LogP contribution in [-0.2, 0) is 10.0 Å². The summed E-state index contributed by atoms with van der Waals surface area (Å²) in [4.78, 5) is 0.658. The molecule has 2 rings (SSSR count). The maximum Gasteiger partial charge on any atom is 0.408 e. The van der Waals surface area contributed by atoms with E-state index in [1.807, 2.05) is 0 Å².